The summed E-state index contributed by atoms with van der Waals surface area (Å²) in [5.41, 5.74) is 7.14. The minimum absolute atomic E-state index is 0. The molecule has 0 bridgehead atoms. The monoisotopic (exact) mass is 280 g/mol. The average molecular weight is 279 g/mol. The molecule has 0 unspecified atom stereocenters. The van der Waals surface area contributed by atoms with Gasteiger partial charge in [0.05, 0.1) is 0 Å². The predicted octanol–water partition coefficient (Wildman–Crippen LogP) is 2.47. The van der Waals surface area contributed by atoms with Crippen molar-refractivity contribution in [3.63, 3.8) is 0 Å². The van der Waals surface area contributed by atoms with E-state index in [-0.39, 0.29) is 31.4 Å². The molecule has 0 saturated heterocycles. The maximum atomic E-state index is 7.39. The van der Waals surface area contributed by atoms with Crippen LogP contribution in [-0.2, 0) is 25.8 Å². The Hall–Kier alpha value is 0.830. The van der Waals surface area contributed by atoms with Crippen LogP contribution in [-0.4, -0.2) is 5.54 Å². The van der Waals surface area contributed by atoms with Crippen LogP contribution < -0.4 is 0 Å². The molecule has 0 amide bonds. The van der Waals surface area contributed by atoms with Gasteiger partial charge in [-0.15, -0.1) is 5.54 Å². The molecular weight excluding hydrogens is 265 g/mol. The Morgan fingerprint density at radius 2 is 1.38 bits per heavy atom. The average Bonchev–Trinajstić information content (AvgIpc) is 1.31. The molecule has 44 valence electrons. The fraction of sp³-hybridized carbons (Fsp3) is 1.00. The summed E-state index contributed by atoms with van der Waals surface area (Å²) in [6, 6.07) is 0. The van der Waals surface area contributed by atoms with Gasteiger partial charge in [-0.1, -0.05) is 33.6 Å². The number of hydrogen-bond acceptors (Lipinski definition) is 0. The van der Waals surface area contributed by atoms with Crippen molar-refractivity contribution in [2.24, 2.45) is 5.92 Å². The molecule has 1 nitrogen and oxygen atoms in total. The Labute approximate surface area is 70.8 Å². The molecule has 2 heteroatoms. The number of rotatable bonds is 1. The zero-order valence-electron chi connectivity index (χ0n) is 6.08. The smallest absolute Gasteiger partial charge is 0.672 e. The molecule has 1 N–H and O–H groups in total. The molecule has 0 fully saturated rings. The zero-order valence-corrected chi connectivity index (χ0v) is 9.67. The molecule has 0 aliphatic carbocycles. The van der Waals surface area contributed by atoms with E-state index in [4.69, 9.17) is 5.73 Å². The van der Waals surface area contributed by atoms with Crippen LogP contribution in [0.15, 0.2) is 0 Å². The van der Waals surface area contributed by atoms with Gasteiger partial charge < -0.3 is 5.73 Å². The van der Waals surface area contributed by atoms with Gasteiger partial charge in [0.25, 0.3) is 0 Å². The van der Waals surface area contributed by atoms with E-state index in [0.717, 1.165) is 0 Å². The first-order chi connectivity index (χ1) is 2.94. The Balaban J connectivity index is 0. The van der Waals surface area contributed by atoms with Crippen LogP contribution in [0.1, 0.15) is 27.7 Å². The van der Waals surface area contributed by atoms with E-state index in [2.05, 4.69) is 13.8 Å². The van der Waals surface area contributed by atoms with E-state index >= 15 is 0 Å². The first-order valence-corrected chi connectivity index (χ1v) is 2.69. The third-order valence-corrected chi connectivity index (χ3v) is 1.44. The summed E-state index contributed by atoms with van der Waals surface area (Å²) in [6.07, 6.45) is 0. The quantitative estimate of drug-likeness (QED) is 0.658. The van der Waals surface area contributed by atoms with Gasteiger partial charge in [-0.2, -0.15) is 0 Å². The van der Waals surface area contributed by atoms with Gasteiger partial charge in [-0.05, 0) is 0 Å². The van der Waals surface area contributed by atoms with Crippen molar-refractivity contribution in [1.82, 2.24) is 0 Å². The van der Waals surface area contributed by atoms with Crippen molar-refractivity contribution in [3.8, 4) is 0 Å². The van der Waals surface area contributed by atoms with Gasteiger partial charge in [0.15, 0.2) is 0 Å². The second-order valence-electron chi connectivity index (χ2n) is 2.88. The van der Waals surface area contributed by atoms with Crippen LogP contribution in [0.5, 0.6) is 0 Å². The van der Waals surface area contributed by atoms with Crippen molar-refractivity contribution in [2.45, 2.75) is 33.2 Å². The van der Waals surface area contributed by atoms with Crippen molar-refractivity contribution < 1.29 is 25.8 Å². The Bertz CT molecular complexity index is 54.0. The first kappa shape index (κ1) is 11.6. The van der Waals surface area contributed by atoms with Crippen LogP contribution >= 0.6 is 0 Å². The van der Waals surface area contributed by atoms with E-state index in [1.54, 1.807) is 0 Å². The predicted molar refractivity (Wildman–Crippen MR) is 33.2 cm³/mol. The van der Waals surface area contributed by atoms with Gasteiger partial charge in [0.1, 0.15) is 0 Å². The standard InChI is InChI=1S/C6H14N.Hf/c1-5(2)6(3,4)7;/h5,7H,1-4H3;/q-1;+4. The molecule has 0 aromatic rings. The first-order valence-electron chi connectivity index (χ1n) is 2.69. The minimum Gasteiger partial charge on any atom is -0.672 e. The Morgan fingerprint density at radius 1 is 1.25 bits per heavy atom. The molecule has 0 rings (SSSR count). The van der Waals surface area contributed by atoms with E-state index in [0.29, 0.717) is 5.92 Å². The van der Waals surface area contributed by atoms with Crippen LogP contribution in [0.3, 0.4) is 0 Å². The molecule has 0 atom stereocenters. The normalized spacial score (nSPS) is 11.2. The van der Waals surface area contributed by atoms with Crippen molar-refractivity contribution in [3.05, 3.63) is 5.73 Å². The molecule has 0 heterocycles. The van der Waals surface area contributed by atoms with Crippen molar-refractivity contribution in [1.29, 1.82) is 0 Å². The van der Waals surface area contributed by atoms with Crippen LogP contribution in [0.2, 0.25) is 0 Å². The fourth-order valence-corrected chi connectivity index (χ4v) is 0. The van der Waals surface area contributed by atoms with Crippen LogP contribution in [0.25, 0.3) is 5.73 Å². The molecule has 0 saturated carbocycles. The third kappa shape index (κ3) is 4.98. The third-order valence-electron chi connectivity index (χ3n) is 1.44. The summed E-state index contributed by atoms with van der Waals surface area (Å²) >= 11 is 0. The Morgan fingerprint density at radius 3 is 1.38 bits per heavy atom. The second kappa shape index (κ2) is 3.78. The molecule has 0 aliphatic rings. The number of hydrogen-bond donors (Lipinski definition) is 0. The minimum atomic E-state index is -0.250. The van der Waals surface area contributed by atoms with Gasteiger partial charge >= 0.3 is 25.8 Å². The number of nitrogens with one attached hydrogen (secondary N) is 1. The SMILES string of the molecule is CC(C)C(C)(C)[NH-].[Hf+4]. The van der Waals surface area contributed by atoms with Gasteiger partial charge in [0.2, 0.25) is 0 Å². The summed E-state index contributed by atoms with van der Waals surface area (Å²) < 4.78 is 0. The van der Waals surface area contributed by atoms with E-state index in [1.165, 1.54) is 0 Å². The van der Waals surface area contributed by atoms with Crippen LogP contribution in [0.4, 0.5) is 0 Å². The molecule has 0 aliphatic heterocycles. The Kier molecular flexibility index (Phi) is 5.48. The summed E-state index contributed by atoms with van der Waals surface area (Å²) in [7, 11) is 0. The second-order valence-corrected chi connectivity index (χ2v) is 2.88. The maximum absolute atomic E-state index is 7.39. The topological polar surface area (TPSA) is 23.8 Å². The molecular formula is C6H14HfN+3. The molecule has 0 spiro atoms. The summed E-state index contributed by atoms with van der Waals surface area (Å²) in [5, 5.41) is 0. The zero-order chi connectivity index (χ0) is 6.08. The van der Waals surface area contributed by atoms with Gasteiger partial charge in [0, 0.05) is 0 Å². The summed E-state index contributed by atoms with van der Waals surface area (Å²) in [5.74, 6) is 0.465. The van der Waals surface area contributed by atoms with Gasteiger partial charge in [-0.3, -0.25) is 0 Å². The van der Waals surface area contributed by atoms with E-state index in [9.17, 15) is 0 Å². The van der Waals surface area contributed by atoms with Crippen molar-refractivity contribution in [2.75, 3.05) is 0 Å². The largest absolute Gasteiger partial charge is 4.00 e. The van der Waals surface area contributed by atoms with E-state index in [1.807, 2.05) is 13.8 Å². The molecule has 8 heavy (non-hydrogen) atoms. The fourth-order valence-electron chi connectivity index (χ4n) is 0. The van der Waals surface area contributed by atoms with Crippen molar-refractivity contribution >= 4 is 0 Å². The molecule has 0 aromatic heterocycles. The molecule has 0 radical (unpaired) electrons. The van der Waals surface area contributed by atoms with Crippen LogP contribution in [0, 0.1) is 5.92 Å². The summed E-state index contributed by atoms with van der Waals surface area (Å²) in [4.78, 5) is 0. The van der Waals surface area contributed by atoms with Gasteiger partial charge in [-0.25, -0.2) is 0 Å². The van der Waals surface area contributed by atoms with E-state index < -0.39 is 0 Å². The summed E-state index contributed by atoms with van der Waals surface area (Å²) in [6.45, 7) is 7.98. The molecule has 0 aromatic carbocycles. The maximum Gasteiger partial charge on any atom is 4.00 e.